The van der Waals surface area contributed by atoms with Crippen LogP contribution in [0.1, 0.15) is 28.4 Å². The summed E-state index contributed by atoms with van der Waals surface area (Å²) in [6.07, 6.45) is 3.90. The molecule has 1 aromatic carbocycles. The molecule has 3 heteroatoms. The second-order valence-electron chi connectivity index (χ2n) is 3.89. The smallest absolute Gasteiger partial charge is 0.160 e. The summed E-state index contributed by atoms with van der Waals surface area (Å²) in [7, 11) is 0. The highest BCUT2D eigenvalue weighted by Crippen LogP contribution is 2.16. The maximum Gasteiger partial charge on any atom is 0.160 e. The van der Waals surface area contributed by atoms with Crippen LogP contribution in [0.25, 0.3) is 0 Å². The lowest BCUT2D eigenvalue weighted by atomic mass is 9.98. The van der Waals surface area contributed by atoms with Crippen LogP contribution in [-0.2, 0) is 6.42 Å². The van der Waals surface area contributed by atoms with E-state index in [4.69, 9.17) is 0 Å². The number of hydrogen-bond donors (Lipinski definition) is 0. The standard InChI is InChI=1S/C14H12FNO/c1-10(17)14-3-2-13(15)9-12(14)8-11-4-6-16-7-5-11/h2-7,9H,8H2,1H3. The number of pyridine rings is 1. The highest BCUT2D eigenvalue weighted by molar-refractivity contribution is 5.95. The molecule has 0 fully saturated rings. The number of Topliss-reactive ketones (excluding diaryl/α,β-unsaturated/α-hetero) is 1. The maximum atomic E-state index is 13.2. The van der Waals surface area contributed by atoms with Gasteiger partial charge in [-0.2, -0.15) is 0 Å². The molecule has 2 rings (SSSR count). The number of benzene rings is 1. The minimum atomic E-state index is -0.320. The van der Waals surface area contributed by atoms with Crippen molar-refractivity contribution in [2.75, 3.05) is 0 Å². The van der Waals surface area contributed by atoms with E-state index in [1.165, 1.54) is 25.1 Å². The van der Waals surface area contributed by atoms with E-state index < -0.39 is 0 Å². The van der Waals surface area contributed by atoms with Crippen LogP contribution in [0.3, 0.4) is 0 Å². The van der Waals surface area contributed by atoms with Crippen LogP contribution in [0, 0.1) is 5.82 Å². The van der Waals surface area contributed by atoms with Crippen LogP contribution in [-0.4, -0.2) is 10.8 Å². The van der Waals surface area contributed by atoms with E-state index in [0.29, 0.717) is 17.5 Å². The summed E-state index contributed by atoms with van der Waals surface area (Å²) in [4.78, 5) is 15.4. The Bertz CT molecular complexity index is 537. The van der Waals surface area contributed by atoms with Crippen molar-refractivity contribution in [3.63, 3.8) is 0 Å². The van der Waals surface area contributed by atoms with E-state index in [1.807, 2.05) is 12.1 Å². The van der Waals surface area contributed by atoms with Gasteiger partial charge in [-0.3, -0.25) is 9.78 Å². The highest BCUT2D eigenvalue weighted by atomic mass is 19.1. The van der Waals surface area contributed by atoms with Crippen molar-refractivity contribution in [1.29, 1.82) is 0 Å². The molecule has 0 amide bonds. The van der Waals surface area contributed by atoms with Crippen molar-refractivity contribution in [3.05, 3.63) is 65.2 Å². The van der Waals surface area contributed by atoms with Crippen molar-refractivity contribution >= 4 is 5.78 Å². The number of carbonyl (C=O) groups is 1. The average molecular weight is 229 g/mol. The lowest BCUT2D eigenvalue weighted by Gasteiger charge is -2.07. The van der Waals surface area contributed by atoms with E-state index in [2.05, 4.69) is 4.98 Å². The molecule has 0 aliphatic carbocycles. The number of hydrogen-bond acceptors (Lipinski definition) is 2. The lowest BCUT2D eigenvalue weighted by Crippen LogP contribution is -2.01. The third-order valence-corrected chi connectivity index (χ3v) is 2.59. The minimum absolute atomic E-state index is 0.0472. The second kappa shape index (κ2) is 4.87. The normalized spacial score (nSPS) is 10.2. The number of carbonyl (C=O) groups excluding carboxylic acids is 1. The van der Waals surface area contributed by atoms with Crippen molar-refractivity contribution in [2.24, 2.45) is 0 Å². The Morgan fingerprint density at radius 3 is 2.59 bits per heavy atom. The molecular formula is C14H12FNO. The van der Waals surface area contributed by atoms with Crippen LogP contribution in [0.4, 0.5) is 4.39 Å². The molecular weight excluding hydrogens is 217 g/mol. The molecule has 2 aromatic rings. The zero-order valence-corrected chi connectivity index (χ0v) is 9.48. The van der Waals surface area contributed by atoms with Crippen molar-refractivity contribution < 1.29 is 9.18 Å². The molecule has 1 aromatic heterocycles. The molecule has 0 atom stereocenters. The lowest BCUT2D eigenvalue weighted by molar-refractivity contribution is 0.101. The van der Waals surface area contributed by atoms with Crippen molar-refractivity contribution in [1.82, 2.24) is 4.98 Å². The quantitative estimate of drug-likeness (QED) is 0.757. The van der Waals surface area contributed by atoms with E-state index in [1.54, 1.807) is 12.4 Å². The molecule has 0 saturated carbocycles. The number of rotatable bonds is 3. The van der Waals surface area contributed by atoms with Gasteiger partial charge in [0.2, 0.25) is 0 Å². The van der Waals surface area contributed by atoms with E-state index in [-0.39, 0.29) is 11.6 Å². The predicted octanol–water partition coefficient (Wildman–Crippen LogP) is 3.01. The van der Waals surface area contributed by atoms with Gasteiger partial charge in [-0.1, -0.05) is 0 Å². The van der Waals surface area contributed by atoms with Gasteiger partial charge in [-0.25, -0.2) is 4.39 Å². The Labute approximate surface area is 99.1 Å². The third-order valence-electron chi connectivity index (χ3n) is 2.59. The molecule has 0 spiro atoms. The molecule has 1 heterocycles. The maximum absolute atomic E-state index is 13.2. The number of aromatic nitrogens is 1. The largest absolute Gasteiger partial charge is 0.295 e. The van der Waals surface area contributed by atoms with Crippen LogP contribution in [0.2, 0.25) is 0 Å². The van der Waals surface area contributed by atoms with Gasteiger partial charge in [0.05, 0.1) is 0 Å². The summed E-state index contributed by atoms with van der Waals surface area (Å²) in [6.45, 7) is 1.49. The molecule has 2 nitrogen and oxygen atoms in total. The molecule has 0 radical (unpaired) electrons. The molecule has 0 aliphatic rings. The van der Waals surface area contributed by atoms with E-state index >= 15 is 0 Å². The summed E-state index contributed by atoms with van der Waals surface area (Å²) in [5.74, 6) is -0.367. The molecule has 0 unspecified atom stereocenters. The first kappa shape index (κ1) is 11.5. The van der Waals surface area contributed by atoms with Crippen molar-refractivity contribution in [2.45, 2.75) is 13.3 Å². The van der Waals surface area contributed by atoms with Gasteiger partial charge in [0, 0.05) is 18.0 Å². The predicted molar refractivity (Wildman–Crippen MR) is 63.4 cm³/mol. The van der Waals surface area contributed by atoms with Crippen molar-refractivity contribution in [3.8, 4) is 0 Å². The van der Waals surface area contributed by atoms with E-state index in [0.717, 1.165) is 5.56 Å². The second-order valence-corrected chi connectivity index (χ2v) is 3.89. The van der Waals surface area contributed by atoms with Gasteiger partial charge in [0.15, 0.2) is 5.78 Å². The fourth-order valence-electron chi connectivity index (χ4n) is 1.77. The molecule has 17 heavy (non-hydrogen) atoms. The average Bonchev–Trinajstić information content (AvgIpc) is 2.30. The Morgan fingerprint density at radius 2 is 1.94 bits per heavy atom. The van der Waals surface area contributed by atoms with Gasteiger partial charge in [0.25, 0.3) is 0 Å². The summed E-state index contributed by atoms with van der Waals surface area (Å²) in [5.41, 5.74) is 2.29. The molecule has 0 bridgehead atoms. The van der Waals surface area contributed by atoms with Crippen LogP contribution < -0.4 is 0 Å². The summed E-state index contributed by atoms with van der Waals surface area (Å²) >= 11 is 0. The van der Waals surface area contributed by atoms with E-state index in [9.17, 15) is 9.18 Å². The molecule has 0 saturated heterocycles. The number of halogens is 1. The van der Waals surface area contributed by atoms with Gasteiger partial charge < -0.3 is 0 Å². The highest BCUT2D eigenvalue weighted by Gasteiger charge is 2.08. The third kappa shape index (κ3) is 2.75. The monoisotopic (exact) mass is 229 g/mol. The van der Waals surface area contributed by atoms with Gasteiger partial charge >= 0.3 is 0 Å². The molecule has 0 aliphatic heterocycles. The summed E-state index contributed by atoms with van der Waals surface area (Å²) < 4.78 is 13.2. The zero-order valence-electron chi connectivity index (χ0n) is 9.48. The van der Waals surface area contributed by atoms with Crippen LogP contribution in [0.5, 0.6) is 0 Å². The Morgan fingerprint density at radius 1 is 1.24 bits per heavy atom. The SMILES string of the molecule is CC(=O)c1ccc(F)cc1Cc1ccncc1. The fourth-order valence-corrected chi connectivity index (χ4v) is 1.77. The first-order valence-electron chi connectivity index (χ1n) is 5.35. The first-order chi connectivity index (χ1) is 8.16. The van der Waals surface area contributed by atoms with Gasteiger partial charge in [-0.15, -0.1) is 0 Å². The fraction of sp³-hybridized carbons (Fsp3) is 0.143. The van der Waals surface area contributed by atoms with Gasteiger partial charge in [-0.05, 0) is 54.8 Å². The topological polar surface area (TPSA) is 30.0 Å². The van der Waals surface area contributed by atoms with Crippen LogP contribution in [0.15, 0.2) is 42.7 Å². The number of nitrogens with zero attached hydrogens (tertiary/aromatic N) is 1. The summed E-state index contributed by atoms with van der Waals surface area (Å²) in [6, 6.07) is 7.97. The molecule has 86 valence electrons. The molecule has 0 N–H and O–H groups in total. The Hall–Kier alpha value is -2.03. The first-order valence-corrected chi connectivity index (χ1v) is 5.35. The Kier molecular flexibility index (Phi) is 3.28. The Balaban J connectivity index is 2.37. The van der Waals surface area contributed by atoms with Gasteiger partial charge in [0.1, 0.15) is 5.82 Å². The summed E-state index contributed by atoms with van der Waals surface area (Å²) in [5, 5.41) is 0. The minimum Gasteiger partial charge on any atom is -0.295 e. The number of ketones is 1. The zero-order chi connectivity index (χ0) is 12.3. The van der Waals surface area contributed by atoms with Crippen LogP contribution >= 0.6 is 0 Å².